The number of amides is 2. The quantitative estimate of drug-likeness (QED) is 0.875. The second-order valence-corrected chi connectivity index (χ2v) is 5.92. The van der Waals surface area contributed by atoms with Gasteiger partial charge in [0, 0.05) is 11.4 Å². The molecule has 0 radical (unpaired) electrons. The Morgan fingerprint density at radius 3 is 2.89 bits per heavy atom. The molecule has 0 spiro atoms. The molecule has 0 bridgehead atoms. The maximum absolute atomic E-state index is 11.6. The Bertz CT molecular complexity index is 358. The molecule has 4 nitrogen and oxygen atoms in total. The molecule has 2 rings (SSSR count). The molecule has 1 aromatic heterocycles. The number of carbonyl (C=O) groups excluding carboxylic acids is 1. The van der Waals surface area contributed by atoms with E-state index in [9.17, 15) is 4.79 Å². The van der Waals surface area contributed by atoms with E-state index in [1.807, 2.05) is 17.5 Å². The summed E-state index contributed by atoms with van der Waals surface area (Å²) < 4.78 is 0. The van der Waals surface area contributed by atoms with E-state index in [-0.39, 0.29) is 6.03 Å². The number of hydrogen-bond donors (Lipinski definition) is 2. The summed E-state index contributed by atoms with van der Waals surface area (Å²) in [6, 6.07) is 3.97. The topological polar surface area (TPSA) is 44.4 Å². The first-order chi connectivity index (χ1) is 8.74. The molecule has 0 aromatic carbocycles. The van der Waals surface area contributed by atoms with Crippen LogP contribution in [0, 0.1) is 5.92 Å². The van der Waals surface area contributed by atoms with Gasteiger partial charge in [-0.25, -0.2) is 4.79 Å². The number of piperidine rings is 1. The number of rotatable bonds is 4. The lowest BCUT2D eigenvalue weighted by Gasteiger charge is -2.28. The van der Waals surface area contributed by atoms with Gasteiger partial charge in [0.25, 0.3) is 0 Å². The van der Waals surface area contributed by atoms with Crippen LogP contribution in [0.25, 0.3) is 0 Å². The van der Waals surface area contributed by atoms with Gasteiger partial charge in [-0.1, -0.05) is 6.07 Å². The minimum atomic E-state index is -0.0534. The summed E-state index contributed by atoms with van der Waals surface area (Å²) in [5.41, 5.74) is 0. The number of thiophene rings is 1. The normalized spacial score (nSPS) is 17.6. The Morgan fingerprint density at radius 1 is 1.44 bits per heavy atom. The molecule has 0 atom stereocenters. The number of nitrogens with zero attached hydrogens (tertiary/aromatic N) is 1. The molecule has 1 aromatic rings. The van der Waals surface area contributed by atoms with Crippen molar-refractivity contribution in [3.05, 3.63) is 22.4 Å². The van der Waals surface area contributed by atoms with E-state index in [4.69, 9.17) is 0 Å². The molecule has 2 heterocycles. The molecule has 18 heavy (non-hydrogen) atoms. The molecule has 1 fully saturated rings. The highest BCUT2D eigenvalue weighted by atomic mass is 32.1. The smallest absolute Gasteiger partial charge is 0.315 e. The first-order valence-corrected chi connectivity index (χ1v) is 7.34. The maximum atomic E-state index is 11.6. The van der Waals surface area contributed by atoms with Gasteiger partial charge in [0.2, 0.25) is 0 Å². The van der Waals surface area contributed by atoms with Crippen molar-refractivity contribution in [2.75, 3.05) is 26.7 Å². The zero-order valence-electron chi connectivity index (χ0n) is 10.8. The highest BCUT2D eigenvalue weighted by molar-refractivity contribution is 7.09. The standard InChI is InChI=1S/C13H21N3OS/c1-16-6-4-11(5-7-16)9-14-13(17)15-10-12-3-2-8-18-12/h2-3,8,11H,4-7,9-10H2,1H3,(H2,14,15,17). The summed E-state index contributed by atoms with van der Waals surface area (Å²) in [6.07, 6.45) is 2.36. The average Bonchev–Trinajstić information content (AvgIpc) is 2.89. The zero-order chi connectivity index (χ0) is 12.8. The van der Waals surface area contributed by atoms with Crippen molar-refractivity contribution in [1.82, 2.24) is 15.5 Å². The van der Waals surface area contributed by atoms with E-state index in [1.54, 1.807) is 11.3 Å². The summed E-state index contributed by atoms with van der Waals surface area (Å²) >= 11 is 1.66. The van der Waals surface area contributed by atoms with Gasteiger partial charge in [-0.2, -0.15) is 0 Å². The van der Waals surface area contributed by atoms with Gasteiger partial charge >= 0.3 is 6.03 Å². The third kappa shape index (κ3) is 4.31. The van der Waals surface area contributed by atoms with E-state index in [2.05, 4.69) is 22.6 Å². The number of urea groups is 1. The van der Waals surface area contributed by atoms with Crippen molar-refractivity contribution < 1.29 is 4.79 Å². The fraction of sp³-hybridized carbons (Fsp3) is 0.615. The molecule has 0 aliphatic carbocycles. The Morgan fingerprint density at radius 2 is 2.22 bits per heavy atom. The molecular formula is C13H21N3OS. The van der Waals surface area contributed by atoms with Crippen molar-refractivity contribution in [3.63, 3.8) is 0 Å². The lowest BCUT2D eigenvalue weighted by atomic mass is 9.97. The van der Waals surface area contributed by atoms with Gasteiger partial charge < -0.3 is 15.5 Å². The van der Waals surface area contributed by atoms with Gasteiger partial charge in [-0.05, 0) is 50.3 Å². The Labute approximate surface area is 112 Å². The van der Waals surface area contributed by atoms with Crippen LogP contribution in [0.15, 0.2) is 17.5 Å². The summed E-state index contributed by atoms with van der Waals surface area (Å²) in [7, 11) is 2.15. The summed E-state index contributed by atoms with van der Waals surface area (Å²) in [5.74, 6) is 0.633. The van der Waals surface area contributed by atoms with Crippen LogP contribution in [-0.4, -0.2) is 37.6 Å². The fourth-order valence-corrected chi connectivity index (χ4v) is 2.79. The van der Waals surface area contributed by atoms with E-state index in [1.165, 1.54) is 17.7 Å². The van der Waals surface area contributed by atoms with Crippen LogP contribution in [0.1, 0.15) is 17.7 Å². The van der Waals surface area contributed by atoms with Crippen molar-refractivity contribution >= 4 is 17.4 Å². The predicted octanol–water partition coefficient (Wildman–Crippen LogP) is 1.89. The second-order valence-electron chi connectivity index (χ2n) is 4.89. The molecule has 0 unspecified atom stereocenters. The summed E-state index contributed by atoms with van der Waals surface area (Å²) in [6.45, 7) is 3.70. The largest absolute Gasteiger partial charge is 0.338 e. The minimum Gasteiger partial charge on any atom is -0.338 e. The second kappa shape index (κ2) is 6.75. The maximum Gasteiger partial charge on any atom is 0.315 e. The van der Waals surface area contributed by atoms with Crippen LogP contribution in [0.5, 0.6) is 0 Å². The molecule has 2 amide bonds. The van der Waals surface area contributed by atoms with Crippen LogP contribution in [0.2, 0.25) is 0 Å². The number of carbonyl (C=O) groups is 1. The van der Waals surface area contributed by atoms with Crippen LogP contribution < -0.4 is 10.6 Å². The van der Waals surface area contributed by atoms with Gasteiger partial charge in [-0.3, -0.25) is 0 Å². The van der Waals surface area contributed by atoms with Gasteiger partial charge in [0.1, 0.15) is 0 Å². The van der Waals surface area contributed by atoms with E-state index < -0.39 is 0 Å². The van der Waals surface area contributed by atoms with E-state index in [0.717, 1.165) is 19.6 Å². The molecule has 5 heteroatoms. The van der Waals surface area contributed by atoms with Crippen LogP contribution in [-0.2, 0) is 6.54 Å². The molecule has 0 saturated carbocycles. The monoisotopic (exact) mass is 267 g/mol. The third-order valence-electron chi connectivity index (χ3n) is 3.39. The minimum absolute atomic E-state index is 0.0534. The van der Waals surface area contributed by atoms with E-state index >= 15 is 0 Å². The van der Waals surface area contributed by atoms with Crippen molar-refractivity contribution in [2.45, 2.75) is 19.4 Å². The molecule has 100 valence electrons. The van der Waals surface area contributed by atoms with Crippen LogP contribution in [0.4, 0.5) is 4.79 Å². The van der Waals surface area contributed by atoms with Crippen LogP contribution in [0.3, 0.4) is 0 Å². The lowest BCUT2D eigenvalue weighted by molar-refractivity contribution is 0.210. The number of likely N-dealkylation sites (tertiary alicyclic amines) is 1. The highest BCUT2D eigenvalue weighted by Gasteiger charge is 2.16. The first-order valence-electron chi connectivity index (χ1n) is 6.46. The number of hydrogen-bond acceptors (Lipinski definition) is 3. The Kier molecular flexibility index (Phi) is 5.01. The zero-order valence-corrected chi connectivity index (χ0v) is 11.6. The first kappa shape index (κ1) is 13.4. The molecule has 1 aliphatic rings. The van der Waals surface area contributed by atoms with Gasteiger partial charge in [-0.15, -0.1) is 11.3 Å². The van der Waals surface area contributed by atoms with E-state index in [0.29, 0.717) is 12.5 Å². The van der Waals surface area contributed by atoms with Crippen molar-refractivity contribution in [3.8, 4) is 0 Å². The highest BCUT2D eigenvalue weighted by Crippen LogP contribution is 2.14. The Hall–Kier alpha value is -1.07. The molecular weight excluding hydrogens is 246 g/mol. The summed E-state index contributed by atoms with van der Waals surface area (Å²) in [4.78, 5) is 15.1. The number of nitrogens with one attached hydrogen (secondary N) is 2. The van der Waals surface area contributed by atoms with Gasteiger partial charge in [0.15, 0.2) is 0 Å². The SMILES string of the molecule is CN1CCC(CNC(=O)NCc2cccs2)CC1. The third-order valence-corrected chi connectivity index (χ3v) is 4.27. The average molecular weight is 267 g/mol. The summed E-state index contributed by atoms with van der Waals surface area (Å²) in [5, 5.41) is 7.87. The predicted molar refractivity (Wildman–Crippen MR) is 74.8 cm³/mol. The Balaban J connectivity index is 1.60. The molecule has 2 N–H and O–H groups in total. The fourth-order valence-electron chi connectivity index (χ4n) is 2.15. The lowest BCUT2D eigenvalue weighted by Crippen LogP contribution is -2.40. The molecule has 1 aliphatic heterocycles. The van der Waals surface area contributed by atoms with Crippen molar-refractivity contribution in [2.24, 2.45) is 5.92 Å². The molecule has 1 saturated heterocycles. The van der Waals surface area contributed by atoms with Crippen LogP contribution >= 0.6 is 11.3 Å². The van der Waals surface area contributed by atoms with Gasteiger partial charge in [0.05, 0.1) is 6.54 Å². The van der Waals surface area contributed by atoms with Crippen molar-refractivity contribution in [1.29, 1.82) is 0 Å².